The zero-order valence-electron chi connectivity index (χ0n) is 12.2. The number of aliphatic imine (C=N–C) groups is 1. The molecule has 0 atom stereocenters. The summed E-state index contributed by atoms with van der Waals surface area (Å²) in [7, 11) is 0. The van der Waals surface area contributed by atoms with Gasteiger partial charge < -0.3 is 10.6 Å². The summed E-state index contributed by atoms with van der Waals surface area (Å²) in [5, 5.41) is 8.73. The Morgan fingerprint density at radius 1 is 1.10 bits per heavy atom. The maximum Gasteiger partial charge on any atom is 0.191 e. The van der Waals surface area contributed by atoms with Gasteiger partial charge in [0.2, 0.25) is 0 Å². The Balaban J connectivity index is 0.00000220. The van der Waals surface area contributed by atoms with Crippen LogP contribution in [0.2, 0.25) is 0 Å². The van der Waals surface area contributed by atoms with Crippen molar-refractivity contribution >= 4 is 41.3 Å². The van der Waals surface area contributed by atoms with Crippen molar-refractivity contribution in [3.05, 3.63) is 58.3 Å². The van der Waals surface area contributed by atoms with Gasteiger partial charge in [0.05, 0.1) is 6.54 Å². The van der Waals surface area contributed by atoms with Crippen molar-refractivity contribution in [2.75, 3.05) is 13.1 Å². The van der Waals surface area contributed by atoms with Gasteiger partial charge in [-0.25, -0.2) is 4.99 Å². The number of guanidine groups is 1. The van der Waals surface area contributed by atoms with Crippen molar-refractivity contribution in [1.82, 2.24) is 10.6 Å². The van der Waals surface area contributed by atoms with Crippen LogP contribution in [0.3, 0.4) is 0 Å². The Bertz CT molecular complexity index is 512. The molecule has 1 aromatic carbocycles. The topological polar surface area (TPSA) is 36.4 Å². The second-order valence-corrected chi connectivity index (χ2v) is 5.47. The van der Waals surface area contributed by atoms with Gasteiger partial charge in [-0.15, -0.1) is 35.3 Å². The third-order valence-electron chi connectivity index (χ3n) is 2.87. The molecule has 21 heavy (non-hydrogen) atoms. The quantitative estimate of drug-likeness (QED) is 0.429. The molecule has 1 aromatic heterocycles. The number of halogens is 1. The number of benzene rings is 1. The van der Waals surface area contributed by atoms with Gasteiger partial charge in [0.1, 0.15) is 0 Å². The molecule has 1 heterocycles. The van der Waals surface area contributed by atoms with E-state index in [4.69, 9.17) is 0 Å². The molecular weight excluding hydrogens is 393 g/mol. The molecule has 0 spiro atoms. The summed E-state index contributed by atoms with van der Waals surface area (Å²) in [5.74, 6) is 0.886. The fourth-order valence-corrected chi connectivity index (χ4v) is 2.50. The van der Waals surface area contributed by atoms with E-state index < -0.39 is 0 Å². The molecule has 0 unspecified atom stereocenters. The van der Waals surface area contributed by atoms with Crippen molar-refractivity contribution in [1.29, 1.82) is 0 Å². The number of nitrogens with zero attached hydrogens (tertiary/aromatic N) is 1. The fraction of sp³-hybridized carbons (Fsp3) is 0.312. The van der Waals surface area contributed by atoms with Crippen LogP contribution in [0.25, 0.3) is 0 Å². The van der Waals surface area contributed by atoms with Gasteiger partial charge in [0.25, 0.3) is 0 Å². The van der Waals surface area contributed by atoms with Crippen LogP contribution in [0.1, 0.15) is 17.4 Å². The van der Waals surface area contributed by atoms with Crippen LogP contribution in [0.15, 0.2) is 52.8 Å². The van der Waals surface area contributed by atoms with E-state index in [1.165, 1.54) is 10.4 Å². The van der Waals surface area contributed by atoms with Crippen LogP contribution in [-0.2, 0) is 13.0 Å². The van der Waals surface area contributed by atoms with Crippen molar-refractivity contribution in [2.45, 2.75) is 19.9 Å². The predicted octanol–water partition coefficient (Wildman–Crippen LogP) is 3.66. The SMILES string of the molecule is CCNC(=NCc1cccs1)NCCc1ccccc1.I. The van der Waals surface area contributed by atoms with E-state index in [0.717, 1.165) is 32.0 Å². The number of hydrogen-bond acceptors (Lipinski definition) is 2. The number of rotatable bonds is 6. The summed E-state index contributed by atoms with van der Waals surface area (Å²) >= 11 is 1.74. The minimum Gasteiger partial charge on any atom is -0.357 e. The second-order valence-electron chi connectivity index (χ2n) is 4.44. The minimum atomic E-state index is 0. The molecule has 5 heteroatoms. The highest BCUT2D eigenvalue weighted by Gasteiger charge is 1.98. The lowest BCUT2D eigenvalue weighted by Gasteiger charge is -2.11. The van der Waals surface area contributed by atoms with Gasteiger partial charge in [0.15, 0.2) is 5.96 Å². The third-order valence-corrected chi connectivity index (χ3v) is 3.73. The zero-order chi connectivity index (χ0) is 14.0. The van der Waals surface area contributed by atoms with Gasteiger partial charge in [-0.2, -0.15) is 0 Å². The standard InChI is InChI=1S/C16H21N3S.HI/c1-2-17-16(19-13-15-9-6-12-20-15)18-11-10-14-7-4-3-5-8-14;/h3-9,12H,2,10-11,13H2,1H3,(H2,17,18,19);1H. The van der Waals surface area contributed by atoms with Crippen LogP contribution in [0.4, 0.5) is 0 Å². The van der Waals surface area contributed by atoms with Gasteiger partial charge in [-0.1, -0.05) is 36.4 Å². The molecule has 0 aliphatic heterocycles. The molecule has 0 aliphatic rings. The van der Waals surface area contributed by atoms with Gasteiger partial charge in [-0.05, 0) is 30.4 Å². The van der Waals surface area contributed by atoms with Crippen LogP contribution in [0, 0.1) is 0 Å². The first-order chi connectivity index (χ1) is 9.88. The van der Waals surface area contributed by atoms with Crippen molar-refractivity contribution < 1.29 is 0 Å². The Morgan fingerprint density at radius 3 is 2.57 bits per heavy atom. The van der Waals surface area contributed by atoms with E-state index in [0.29, 0.717) is 0 Å². The molecular formula is C16H22IN3S. The molecule has 2 rings (SSSR count). The number of hydrogen-bond donors (Lipinski definition) is 2. The van der Waals surface area contributed by atoms with Crippen LogP contribution < -0.4 is 10.6 Å². The molecule has 0 amide bonds. The summed E-state index contributed by atoms with van der Waals surface area (Å²) in [5.41, 5.74) is 1.34. The molecule has 0 saturated carbocycles. The van der Waals surface area contributed by atoms with E-state index in [2.05, 4.69) is 64.3 Å². The van der Waals surface area contributed by atoms with E-state index in [-0.39, 0.29) is 24.0 Å². The third kappa shape index (κ3) is 6.95. The summed E-state index contributed by atoms with van der Waals surface area (Å²) in [4.78, 5) is 5.87. The minimum absolute atomic E-state index is 0. The van der Waals surface area contributed by atoms with Crippen molar-refractivity contribution in [3.63, 3.8) is 0 Å². The largest absolute Gasteiger partial charge is 0.357 e. The average molecular weight is 415 g/mol. The molecule has 0 bridgehead atoms. The Labute approximate surface area is 147 Å². The summed E-state index contributed by atoms with van der Waals surface area (Å²) in [6, 6.07) is 14.7. The van der Waals surface area contributed by atoms with E-state index in [9.17, 15) is 0 Å². The first-order valence-electron chi connectivity index (χ1n) is 6.97. The highest BCUT2D eigenvalue weighted by molar-refractivity contribution is 14.0. The lowest BCUT2D eigenvalue weighted by molar-refractivity contribution is 0.801. The van der Waals surface area contributed by atoms with Gasteiger partial charge >= 0.3 is 0 Å². The highest BCUT2D eigenvalue weighted by Crippen LogP contribution is 2.09. The number of nitrogens with one attached hydrogen (secondary N) is 2. The summed E-state index contributed by atoms with van der Waals surface area (Å²) in [6.07, 6.45) is 1.00. The average Bonchev–Trinajstić information content (AvgIpc) is 2.99. The van der Waals surface area contributed by atoms with Crippen LogP contribution >= 0.6 is 35.3 Å². The van der Waals surface area contributed by atoms with Crippen molar-refractivity contribution in [2.24, 2.45) is 4.99 Å². The lowest BCUT2D eigenvalue weighted by atomic mass is 10.1. The first kappa shape index (κ1) is 18.0. The monoisotopic (exact) mass is 415 g/mol. The fourth-order valence-electron chi connectivity index (χ4n) is 1.87. The van der Waals surface area contributed by atoms with Crippen LogP contribution in [-0.4, -0.2) is 19.0 Å². The second kappa shape index (κ2) is 10.6. The maximum absolute atomic E-state index is 4.59. The Morgan fingerprint density at radius 2 is 1.90 bits per heavy atom. The van der Waals surface area contributed by atoms with Crippen LogP contribution in [0.5, 0.6) is 0 Å². The van der Waals surface area contributed by atoms with Crippen molar-refractivity contribution in [3.8, 4) is 0 Å². The van der Waals surface area contributed by atoms with E-state index >= 15 is 0 Å². The zero-order valence-corrected chi connectivity index (χ0v) is 15.4. The number of thiophene rings is 1. The molecule has 114 valence electrons. The van der Waals surface area contributed by atoms with E-state index in [1.807, 2.05) is 6.07 Å². The molecule has 0 saturated heterocycles. The first-order valence-corrected chi connectivity index (χ1v) is 7.85. The molecule has 0 fully saturated rings. The molecule has 0 radical (unpaired) electrons. The van der Waals surface area contributed by atoms with E-state index in [1.54, 1.807) is 11.3 Å². The molecule has 2 aromatic rings. The summed E-state index contributed by atoms with van der Waals surface area (Å²) < 4.78 is 0. The van der Waals surface area contributed by atoms with Gasteiger partial charge in [-0.3, -0.25) is 0 Å². The lowest BCUT2D eigenvalue weighted by Crippen LogP contribution is -2.38. The molecule has 0 aliphatic carbocycles. The Kier molecular flexibility index (Phi) is 9.09. The maximum atomic E-state index is 4.59. The highest BCUT2D eigenvalue weighted by atomic mass is 127. The predicted molar refractivity (Wildman–Crippen MR) is 103 cm³/mol. The molecule has 3 nitrogen and oxygen atoms in total. The molecule has 2 N–H and O–H groups in total. The van der Waals surface area contributed by atoms with Gasteiger partial charge in [0, 0.05) is 18.0 Å². The Hall–Kier alpha value is -1.08. The normalized spacial score (nSPS) is 10.8. The summed E-state index contributed by atoms with van der Waals surface area (Å²) in [6.45, 7) is 4.58. The smallest absolute Gasteiger partial charge is 0.191 e.